The second kappa shape index (κ2) is 5.97. The van der Waals surface area contributed by atoms with E-state index in [1.54, 1.807) is 13.2 Å². The molecule has 0 spiro atoms. The van der Waals surface area contributed by atoms with Gasteiger partial charge in [0.15, 0.2) is 0 Å². The van der Waals surface area contributed by atoms with E-state index in [-0.39, 0.29) is 0 Å². The van der Waals surface area contributed by atoms with Gasteiger partial charge in [0.25, 0.3) is 0 Å². The highest BCUT2D eigenvalue weighted by Crippen LogP contribution is 2.12. The molecule has 5 nitrogen and oxygen atoms in total. The molecule has 1 aromatic carbocycles. The van der Waals surface area contributed by atoms with Crippen LogP contribution in [0, 0.1) is 0 Å². The van der Waals surface area contributed by atoms with Crippen LogP contribution in [-0.2, 0) is 13.1 Å². The molecule has 3 N–H and O–H groups in total. The van der Waals surface area contributed by atoms with Gasteiger partial charge in [-0.3, -0.25) is 0 Å². The third-order valence-corrected chi connectivity index (χ3v) is 2.55. The summed E-state index contributed by atoms with van der Waals surface area (Å²) in [7, 11) is 1.58. The van der Waals surface area contributed by atoms with Crippen LogP contribution in [0.3, 0.4) is 0 Å². The van der Waals surface area contributed by atoms with Crippen molar-refractivity contribution < 1.29 is 4.74 Å². The van der Waals surface area contributed by atoms with E-state index in [2.05, 4.69) is 21.4 Å². The molecule has 1 aromatic heterocycles. The number of hydrogen-bond donors (Lipinski definition) is 2. The van der Waals surface area contributed by atoms with Gasteiger partial charge >= 0.3 is 0 Å². The van der Waals surface area contributed by atoms with Gasteiger partial charge in [-0.05, 0) is 11.1 Å². The predicted molar refractivity (Wildman–Crippen MR) is 70.2 cm³/mol. The fourth-order valence-corrected chi connectivity index (χ4v) is 1.61. The number of anilines is 1. The fourth-order valence-electron chi connectivity index (χ4n) is 1.61. The van der Waals surface area contributed by atoms with Gasteiger partial charge in [-0.1, -0.05) is 24.3 Å². The Hall–Kier alpha value is -2.14. The monoisotopic (exact) mass is 244 g/mol. The number of methoxy groups -OCH3 is 1. The Morgan fingerprint density at radius 2 is 2.06 bits per heavy atom. The maximum absolute atomic E-state index is 5.61. The summed E-state index contributed by atoms with van der Waals surface area (Å²) in [4.78, 5) is 8.07. The third kappa shape index (κ3) is 3.18. The smallest absolute Gasteiger partial charge is 0.218 e. The molecular formula is C13H16N4O. The van der Waals surface area contributed by atoms with Crippen LogP contribution in [-0.4, -0.2) is 17.1 Å². The van der Waals surface area contributed by atoms with E-state index in [0.717, 1.165) is 16.9 Å². The van der Waals surface area contributed by atoms with Gasteiger partial charge in [-0.15, -0.1) is 0 Å². The highest BCUT2D eigenvalue weighted by molar-refractivity contribution is 5.38. The van der Waals surface area contributed by atoms with Crippen LogP contribution >= 0.6 is 0 Å². The number of nitrogens with zero attached hydrogens (tertiary/aromatic N) is 2. The van der Waals surface area contributed by atoms with Crippen molar-refractivity contribution in [2.45, 2.75) is 13.1 Å². The van der Waals surface area contributed by atoms with Crippen LogP contribution in [0.4, 0.5) is 5.82 Å². The Kier molecular flexibility index (Phi) is 4.09. The van der Waals surface area contributed by atoms with Crippen molar-refractivity contribution in [3.63, 3.8) is 0 Å². The van der Waals surface area contributed by atoms with Gasteiger partial charge in [0, 0.05) is 19.2 Å². The Morgan fingerprint density at radius 1 is 1.22 bits per heavy atom. The van der Waals surface area contributed by atoms with Gasteiger partial charge in [-0.2, -0.15) is 0 Å². The van der Waals surface area contributed by atoms with E-state index in [9.17, 15) is 0 Å². The first-order chi connectivity index (χ1) is 8.81. The van der Waals surface area contributed by atoms with Crippen molar-refractivity contribution in [2.75, 3.05) is 12.4 Å². The van der Waals surface area contributed by atoms with Gasteiger partial charge in [0.05, 0.1) is 7.11 Å². The lowest BCUT2D eigenvalue weighted by atomic mass is 10.1. The first kappa shape index (κ1) is 12.3. The first-order valence-corrected chi connectivity index (χ1v) is 5.69. The largest absolute Gasteiger partial charge is 0.481 e. The highest BCUT2D eigenvalue weighted by Gasteiger charge is 1.99. The SMILES string of the molecule is COc1cc(NCc2cccc(CN)c2)ncn1. The summed E-state index contributed by atoms with van der Waals surface area (Å²) in [5, 5.41) is 3.22. The van der Waals surface area contributed by atoms with E-state index in [1.807, 2.05) is 18.2 Å². The number of nitrogens with one attached hydrogen (secondary N) is 1. The van der Waals surface area contributed by atoms with E-state index < -0.39 is 0 Å². The van der Waals surface area contributed by atoms with Crippen LogP contribution in [0.5, 0.6) is 5.88 Å². The molecule has 0 aliphatic carbocycles. The summed E-state index contributed by atoms with van der Waals surface area (Å²) in [6, 6.07) is 9.89. The van der Waals surface area contributed by atoms with Gasteiger partial charge in [-0.25, -0.2) is 9.97 Å². The molecule has 5 heteroatoms. The van der Waals surface area contributed by atoms with Crippen LogP contribution in [0.15, 0.2) is 36.7 Å². The Morgan fingerprint density at radius 3 is 2.83 bits per heavy atom. The Bertz CT molecular complexity index is 468. The van der Waals surface area contributed by atoms with E-state index in [4.69, 9.17) is 10.5 Å². The van der Waals surface area contributed by atoms with Crippen LogP contribution in [0.1, 0.15) is 11.1 Å². The summed E-state index contributed by atoms with van der Waals surface area (Å²) in [5.74, 6) is 1.28. The predicted octanol–water partition coefficient (Wildman–Crippen LogP) is 1.56. The van der Waals surface area contributed by atoms with Crippen molar-refractivity contribution in [1.82, 2.24) is 9.97 Å². The van der Waals surface area contributed by atoms with Gasteiger partial charge < -0.3 is 15.8 Å². The van der Waals surface area contributed by atoms with Crippen molar-refractivity contribution in [3.8, 4) is 5.88 Å². The maximum Gasteiger partial charge on any atom is 0.218 e. The standard InChI is InChI=1S/C13H16N4O/c1-18-13-6-12(16-9-17-13)15-8-11-4-2-3-10(5-11)7-14/h2-6,9H,7-8,14H2,1H3,(H,15,16,17). The number of hydrogen-bond acceptors (Lipinski definition) is 5. The molecule has 0 unspecified atom stereocenters. The molecule has 0 saturated carbocycles. The summed E-state index contributed by atoms with van der Waals surface area (Å²) in [6.07, 6.45) is 1.47. The second-order valence-corrected chi connectivity index (χ2v) is 3.82. The van der Waals surface area contributed by atoms with Crippen molar-refractivity contribution >= 4 is 5.82 Å². The van der Waals surface area contributed by atoms with Crippen LogP contribution < -0.4 is 15.8 Å². The molecule has 1 heterocycles. The second-order valence-electron chi connectivity index (χ2n) is 3.82. The summed E-state index contributed by atoms with van der Waals surface area (Å²) in [6.45, 7) is 1.24. The maximum atomic E-state index is 5.61. The highest BCUT2D eigenvalue weighted by atomic mass is 16.5. The lowest BCUT2D eigenvalue weighted by Crippen LogP contribution is -2.03. The zero-order valence-corrected chi connectivity index (χ0v) is 10.3. The van der Waals surface area contributed by atoms with Crippen LogP contribution in [0.2, 0.25) is 0 Å². The lowest BCUT2D eigenvalue weighted by molar-refractivity contribution is 0.397. The Balaban J connectivity index is 2.01. The number of benzene rings is 1. The molecule has 0 saturated heterocycles. The zero-order chi connectivity index (χ0) is 12.8. The van der Waals surface area contributed by atoms with Gasteiger partial charge in [0.2, 0.25) is 5.88 Å². The molecule has 0 aliphatic rings. The molecule has 0 atom stereocenters. The summed E-state index contributed by atoms with van der Waals surface area (Å²) in [5.41, 5.74) is 7.89. The number of rotatable bonds is 5. The minimum Gasteiger partial charge on any atom is -0.481 e. The molecule has 0 fully saturated rings. The normalized spacial score (nSPS) is 10.1. The minimum atomic E-state index is 0.545. The van der Waals surface area contributed by atoms with Gasteiger partial charge in [0.1, 0.15) is 12.1 Å². The quantitative estimate of drug-likeness (QED) is 0.835. The van der Waals surface area contributed by atoms with Crippen molar-refractivity contribution in [3.05, 3.63) is 47.8 Å². The molecule has 94 valence electrons. The first-order valence-electron chi connectivity index (χ1n) is 5.69. The van der Waals surface area contributed by atoms with Crippen molar-refractivity contribution in [2.24, 2.45) is 5.73 Å². The van der Waals surface area contributed by atoms with Crippen LogP contribution in [0.25, 0.3) is 0 Å². The average molecular weight is 244 g/mol. The molecule has 0 amide bonds. The molecular weight excluding hydrogens is 228 g/mol. The van der Waals surface area contributed by atoms with E-state index in [0.29, 0.717) is 19.0 Å². The summed E-state index contributed by atoms with van der Waals surface area (Å²) >= 11 is 0. The topological polar surface area (TPSA) is 73.1 Å². The number of ether oxygens (including phenoxy) is 1. The molecule has 18 heavy (non-hydrogen) atoms. The van der Waals surface area contributed by atoms with E-state index >= 15 is 0 Å². The van der Waals surface area contributed by atoms with Crippen molar-refractivity contribution in [1.29, 1.82) is 0 Å². The molecule has 0 radical (unpaired) electrons. The Labute approximate surface area is 106 Å². The average Bonchev–Trinajstić information content (AvgIpc) is 2.45. The fraction of sp³-hybridized carbons (Fsp3) is 0.231. The minimum absolute atomic E-state index is 0.545. The number of aromatic nitrogens is 2. The van der Waals surface area contributed by atoms with E-state index in [1.165, 1.54) is 6.33 Å². The lowest BCUT2D eigenvalue weighted by Gasteiger charge is -2.07. The molecule has 0 aliphatic heterocycles. The number of nitrogens with two attached hydrogens (primary N) is 1. The molecule has 2 aromatic rings. The zero-order valence-electron chi connectivity index (χ0n) is 10.3. The summed E-state index contributed by atoms with van der Waals surface area (Å²) < 4.78 is 5.04. The molecule has 0 bridgehead atoms. The third-order valence-electron chi connectivity index (χ3n) is 2.55. The molecule has 2 rings (SSSR count).